The summed E-state index contributed by atoms with van der Waals surface area (Å²) >= 11 is 1.36. The zero-order chi connectivity index (χ0) is 18.0. The average Bonchev–Trinajstić information content (AvgIpc) is 3.20. The molecule has 25 heavy (non-hydrogen) atoms. The zero-order valence-corrected chi connectivity index (χ0v) is 15.5. The highest BCUT2D eigenvalue weighted by Gasteiger charge is 2.25. The first kappa shape index (κ1) is 17.7. The predicted octanol–water partition coefficient (Wildman–Crippen LogP) is 3.03. The Morgan fingerprint density at radius 2 is 2.20 bits per heavy atom. The van der Waals surface area contributed by atoms with Gasteiger partial charge < -0.3 is 4.90 Å². The smallest absolute Gasteiger partial charge is 0.223 e. The highest BCUT2D eigenvalue weighted by molar-refractivity contribution is 8.00. The average molecular weight is 358 g/mol. The number of nitrogens with zero attached hydrogens (tertiary/aromatic N) is 3. The minimum Gasteiger partial charge on any atom is -0.312 e. The first-order valence-corrected chi connectivity index (χ1v) is 9.40. The molecule has 1 aromatic heterocycles. The number of anilines is 1. The maximum Gasteiger partial charge on any atom is 0.223 e. The van der Waals surface area contributed by atoms with E-state index in [1.54, 1.807) is 17.9 Å². The van der Waals surface area contributed by atoms with E-state index >= 15 is 0 Å². The summed E-state index contributed by atoms with van der Waals surface area (Å²) in [4.78, 5) is 30.5. The molecule has 3 rings (SSSR count). The highest BCUT2D eigenvalue weighted by atomic mass is 32.2. The van der Waals surface area contributed by atoms with Gasteiger partial charge >= 0.3 is 0 Å². The van der Waals surface area contributed by atoms with E-state index in [1.807, 2.05) is 19.1 Å². The first-order chi connectivity index (χ1) is 12.0. The van der Waals surface area contributed by atoms with Crippen molar-refractivity contribution in [2.24, 2.45) is 0 Å². The summed E-state index contributed by atoms with van der Waals surface area (Å²) in [5, 5.41) is 7.41. The van der Waals surface area contributed by atoms with Crippen LogP contribution in [0.25, 0.3) is 0 Å². The van der Waals surface area contributed by atoms with E-state index in [1.165, 1.54) is 11.8 Å². The molecule has 0 spiro atoms. The van der Waals surface area contributed by atoms with Gasteiger partial charge in [0, 0.05) is 31.1 Å². The summed E-state index contributed by atoms with van der Waals surface area (Å²) in [7, 11) is 0. The second-order valence-electron chi connectivity index (χ2n) is 6.20. The van der Waals surface area contributed by atoms with Crippen molar-refractivity contribution < 1.29 is 9.59 Å². The predicted molar refractivity (Wildman–Crippen MR) is 98.2 cm³/mol. The zero-order valence-electron chi connectivity index (χ0n) is 14.7. The standard InChI is InChI=1S/C18H22N4O2S/c1-4-5-16-19-18(21-20-16)25-11(2)17(24)14-6-7-15-13(10-14)8-9-22(15)12(3)23/h6-7,10-11H,4-5,8-9H2,1-3H3,(H,19,20,21)/t11-/m0/s1. The molecule has 1 N–H and O–H groups in total. The number of amides is 1. The normalized spacial score (nSPS) is 14.4. The molecule has 1 aliphatic rings. The fraction of sp³-hybridized carbons (Fsp3) is 0.444. The number of thioether (sulfide) groups is 1. The van der Waals surface area contributed by atoms with E-state index in [0.29, 0.717) is 17.3 Å². The number of carbonyl (C=O) groups is 2. The largest absolute Gasteiger partial charge is 0.312 e. The molecule has 0 saturated carbocycles. The van der Waals surface area contributed by atoms with Crippen molar-refractivity contribution in [1.29, 1.82) is 0 Å². The van der Waals surface area contributed by atoms with Gasteiger partial charge in [0.2, 0.25) is 11.1 Å². The Morgan fingerprint density at radius 1 is 1.40 bits per heavy atom. The summed E-state index contributed by atoms with van der Waals surface area (Å²) in [5.41, 5.74) is 2.65. The molecule has 0 saturated heterocycles. The second-order valence-corrected chi connectivity index (χ2v) is 7.51. The van der Waals surface area contributed by atoms with Gasteiger partial charge in [-0.15, -0.1) is 5.10 Å². The Balaban J connectivity index is 1.71. The van der Waals surface area contributed by atoms with Crippen molar-refractivity contribution in [3.05, 3.63) is 35.2 Å². The molecule has 0 radical (unpaired) electrons. The van der Waals surface area contributed by atoms with Crippen molar-refractivity contribution in [1.82, 2.24) is 15.2 Å². The molecule has 2 aromatic rings. The van der Waals surface area contributed by atoms with Crippen LogP contribution in [0.5, 0.6) is 0 Å². The van der Waals surface area contributed by atoms with Crippen molar-refractivity contribution in [2.45, 2.75) is 50.4 Å². The fourth-order valence-electron chi connectivity index (χ4n) is 3.01. The van der Waals surface area contributed by atoms with Crippen LogP contribution in [0.2, 0.25) is 0 Å². The van der Waals surface area contributed by atoms with Gasteiger partial charge in [-0.3, -0.25) is 14.7 Å². The number of Topliss-reactive ketones (excluding diaryl/α,β-unsaturated/α-hetero) is 1. The Bertz CT molecular complexity index is 802. The number of aromatic nitrogens is 3. The van der Waals surface area contributed by atoms with Gasteiger partial charge in [-0.1, -0.05) is 18.7 Å². The molecule has 6 nitrogen and oxygen atoms in total. The molecular formula is C18H22N4O2S. The van der Waals surface area contributed by atoms with E-state index in [-0.39, 0.29) is 16.9 Å². The quantitative estimate of drug-likeness (QED) is 0.634. The van der Waals surface area contributed by atoms with Gasteiger partial charge in [-0.25, -0.2) is 4.98 Å². The Kier molecular flexibility index (Phi) is 5.22. The third kappa shape index (κ3) is 3.76. The fourth-order valence-corrected chi connectivity index (χ4v) is 3.83. The SMILES string of the molecule is CCCc1nc(S[C@@H](C)C(=O)c2ccc3c(c2)CCN3C(C)=O)n[nH]1. The number of aromatic amines is 1. The van der Waals surface area contributed by atoms with Gasteiger partial charge in [0.25, 0.3) is 0 Å². The molecule has 1 aliphatic heterocycles. The third-order valence-electron chi connectivity index (χ3n) is 4.29. The lowest BCUT2D eigenvalue weighted by Crippen LogP contribution is -2.25. The maximum absolute atomic E-state index is 12.7. The molecular weight excluding hydrogens is 336 g/mol. The molecule has 0 aliphatic carbocycles. The number of hydrogen-bond acceptors (Lipinski definition) is 5. The van der Waals surface area contributed by atoms with Gasteiger partial charge in [-0.05, 0) is 43.5 Å². The molecule has 2 heterocycles. The van der Waals surface area contributed by atoms with E-state index in [2.05, 4.69) is 22.1 Å². The molecule has 0 unspecified atom stereocenters. The van der Waals surface area contributed by atoms with Crippen LogP contribution in [0, 0.1) is 0 Å². The number of benzene rings is 1. The van der Waals surface area contributed by atoms with Crippen LogP contribution in [0.3, 0.4) is 0 Å². The molecule has 0 bridgehead atoms. The topological polar surface area (TPSA) is 79.0 Å². The van der Waals surface area contributed by atoms with Crippen molar-refractivity contribution in [3.8, 4) is 0 Å². The maximum atomic E-state index is 12.7. The molecule has 0 fully saturated rings. The van der Waals surface area contributed by atoms with E-state index in [0.717, 1.165) is 36.3 Å². The van der Waals surface area contributed by atoms with Crippen molar-refractivity contribution in [2.75, 3.05) is 11.4 Å². The Hall–Kier alpha value is -2.15. The number of fused-ring (bicyclic) bond motifs is 1. The van der Waals surface area contributed by atoms with Crippen LogP contribution in [-0.4, -0.2) is 38.7 Å². The summed E-state index contributed by atoms with van der Waals surface area (Å²) in [5.74, 6) is 0.941. The van der Waals surface area contributed by atoms with Gasteiger partial charge in [-0.2, -0.15) is 0 Å². The monoisotopic (exact) mass is 358 g/mol. The minimum atomic E-state index is -0.270. The number of ketones is 1. The van der Waals surface area contributed by atoms with Crippen LogP contribution in [0.1, 0.15) is 48.9 Å². The minimum absolute atomic E-state index is 0.0363. The Morgan fingerprint density at radius 3 is 2.92 bits per heavy atom. The van der Waals surface area contributed by atoms with Crippen LogP contribution < -0.4 is 4.90 Å². The molecule has 132 valence electrons. The van der Waals surface area contributed by atoms with E-state index in [9.17, 15) is 9.59 Å². The number of carbonyl (C=O) groups excluding carboxylic acids is 2. The van der Waals surface area contributed by atoms with Crippen LogP contribution in [0.4, 0.5) is 5.69 Å². The van der Waals surface area contributed by atoms with Crippen LogP contribution >= 0.6 is 11.8 Å². The molecule has 1 aromatic carbocycles. The molecule has 1 atom stereocenters. The van der Waals surface area contributed by atoms with Gasteiger partial charge in [0.1, 0.15) is 5.82 Å². The Labute approximate surface area is 151 Å². The summed E-state index contributed by atoms with van der Waals surface area (Å²) < 4.78 is 0. The second kappa shape index (κ2) is 7.39. The lowest BCUT2D eigenvalue weighted by molar-refractivity contribution is -0.116. The summed E-state index contributed by atoms with van der Waals surface area (Å²) in [6, 6.07) is 5.60. The molecule has 1 amide bonds. The van der Waals surface area contributed by atoms with Crippen LogP contribution in [-0.2, 0) is 17.6 Å². The number of nitrogens with one attached hydrogen (secondary N) is 1. The number of hydrogen-bond donors (Lipinski definition) is 1. The number of aryl methyl sites for hydroxylation is 1. The van der Waals surface area contributed by atoms with Gasteiger partial charge in [0.15, 0.2) is 5.78 Å². The highest BCUT2D eigenvalue weighted by Crippen LogP contribution is 2.30. The first-order valence-electron chi connectivity index (χ1n) is 8.52. The van der Waals surface area contributed by atoms with Crippen molar-refractivity contribution >= 4 is 29.1 Å². The van der Waals surface area contributed by atoms with Gasteiger partial charge in [0.05, 0.1) is 5.25 Å². The lowest BCUT2D eigenvalue weighted by atomic mass is 10.0. The third-order valence-corrected chi connectivity index (χ3v) is 5.25. The molecule has 7 heteroatoms. The summed E-state index contributed by atoms with van der Waals surface area (Å²) in [6.45, 7) is 6.21. The lowest BCUT2D eigenvalue weighted by Gasteiger charge is -2.15. The number of H-pyrrole nitrogens is 1. The van der Waals surface area contributed by atoms with E-state index < -0.39 is 0 Å². The summed E-state index contributed by atoms with van der Waals surface area (Å²) in [6.07, 6.45) is 2.65. The van der Waals surface area contributed by atoms with Crippen LogP contribution in [0.15, 0.2) is 23.4 Å². The number of rotatable bonds is 6. The van der Waals surface area contributed by atoms with E-state index in [4.69, 9.17) is 0 Å². The van der Waals surface area contributed by atoms with Crippen molar-refractivity contribution in [3.63, 3.8) is 0 Å².